The van der Waals surface area contributed by atoms with Crippen molar-refractivity contribution in [3.05, 3.63) is 70.4 Å². The molecule has 0 spiro atoms. The van der Waals surface area contributed by atoms with Gasteiger partial charge in [0.2, 0.25) is 0 Å². The van der Waals surface area contributed by atoms with Crippen LogP contribution in [-0.2, 0) is 10.0 Å². The monoisotopic (exact) mass is 509 g/mol. The van der Waals surface area contributed by atoms with Gasteiger partial charge in [0.05, 0.1) is 30.5 Å². The third-order valence-corrected chi connectivity index (χ3v) is 6.82. The lowest BCUT2D eigenvalue weighted by Crippen LogP contribution is -2.29. The van der Waals surface area contributed by atoms with E-state index in [0.29, 0.717) is 11.4 Å². The van der Waals surface area contributed by atoms with E-state index in [1.54, 1.807) is 0 Å². The predicted octanol–water partition coefficient (Wildman–Crippen LogP) is 4.24. The summed E-state index contributed by atoms with van der Waals surface area (Å²) in [5, 5.41) is 0.516. The summed E-state index contributed by atoms with van der Waals surface area (Å²) in [5.41, 5.74) is -1.09. The Morgan fingerprint density at radius 2 is 2.03 bits per heavy atom. The Bertz CT molecular complexity index is 1470. The average Bonchev–Trinajstić information content (AvgIpc) is 3.23. The van der Waals surface area contributed by atoms with Crippen molar-refractivity contribution in [2.45, 2.75) is 17.5 Å². The van der Waals surface area contributed by atoms with E-state index >= 15 is 4.39 Å². The molecule has 178 valence electrons. The lowest BCUT2D eigenvalue weighted by Gasteiger charge is -2.20. The number of rotatable bonds is 7. The number of hydrogen-bond donors (Lipinski definition) is 2. The van der Waals surface area contributed by atoms with Crippen molar-refractivity contribution in [3.8, 4) is 11.5 Å². The van der Waals surface area contributed by atoms with E-state index in [-0.39, 0.29) is 26.6 Å². The zero-order valence-electron chi connectivity index (χ0n) is 17.9. The van der Waals surface area contributed by atoms with E-state index in [2.05, 4.69) is 14.7 Å². The van der Waals surface area contributed by atoms with Crippen molar-refractivity contribution in [1.82, 2.24) is 14.7 Å². The summed E-state index contributed by atoms with van der Waals surface area (Å²) < 4.78 is 68.2. The fourth-order valence-corrected chi connectivity index (χ4v) is 4.93. The summed E-state index contributed by atoms with van der Waals surface area (Å²) >= 11 is 5.94. The van der Waals surface area contributed by atoms with Crippen LogP contribution >= 0.6 is 11.6 Å². The fourth-order valence-electron chi connectivity index (χ4n) is 3.55. The Hall–Kier alpha value is -3.44. The van der Waals surface area contributed by atoms with Crippen LogP contribution in [0.2, 0.25) is 5.02 Å². The number of aromatic amines is 1. The van der Waals surface area contributed by atoms with E-state index in [1.165, 1.54) is 50.9 Å². The number of aromatic nitrogens is 2. The minimum absolute atomic E-state index is 0.0428. The molecular weight excluding hydrogens is 492 g/mol. The van der Waals surface area contributed by atoms with Crippen molar-refractivity contribution in [2.75, 3.05) is 14.2 Å². The maximum atomic E-state index is 15.4. The number of hydrogen-bond acceptors (Lipinski definition) is 6. The van der Waals surface area contributed by atoms with Crippen molar-refractivity contribution in [1.29, 1.82) is 0 Å². The number of H-pyrrole nitrogens is 1. The highest BCUT2D eigenvalue weighted by Crippen LogP contribution is 2.34. The van der Waals surface area contributed by atoms with Gasteiger partial charge in [0, 0.05) is 35.8 Å². The van der Waals surface area contributed by atoms with Crippen LogP contribution in [0.3, 0.4) is 0 Å². The first-order valence-electron chi connectivity index (χ1n) is 9.82. The highest BCUT2D eigenvalue weighted by atomic mass is 35.5. The van der Waals surface area contributed by atoms with Crippen LogP contribution < -0.4 is 14.2 Å². The lowest BCUT2D eigenvalue weighted by molar-refractivity contribution is 0.101. The van der Waals surface area contributed by atoms with Gasteiger partial charge in [-0.25, -0.2) is 22.2 Å². The van der Waals surface area contributed by atoms with E-state index < -0.39 is 45.5 Å². The van der Waals surface area contributed by atoms with Gasteiger partial charge >= 0.3 is 0 Å². The highest BCUT2D eigenvalue weighted by Gasteiger charge is 2.34. The smallest absolute Gasteiger partial charge is 0.265 e. The first-order chi connectivity index (χ1) is 16.2. The summed E-state index contributed by atoms with van der Waals surface area (Å²) in [4.78, 5) is 19.6. The topological polar surface area (TPSA) is 110 Å². The van der Waals surface area contributed by atoms with Crippen molar-refractivity contribution in [3.63, 3.8) is 0 Å². The van der Waals surface area contributed by atoms with Crippen LogP contribution in [0.15, 0.2) is 64.7 Å². The molecule has 0 aliphatic heterocycles. The number of fused-ring (bicyclic) bond motifs is 1. The third-order valence-electron chi connectivity index (χ3n) is 5.21. The number of allylic oxidation sites excluding steroid dienone is 3. The minimum Gasteiger partial charge on any atom is -0.497 e. The zero-order chi connectivity index (χ0) is 24.6. The normalized spacial score (nSPS) is 16.4. The van der Waals surface area contributed by atoms with Crippen molar-refractivity contribution < 1.29 is 31.5 Å². The van der Waals surface area contributed by atoms with E-state index in [1.807, 2.05) is 0 Å². The van der Waals surface area contributed by atoms with E-state index in [9.17, 15) is 17.6 Å². The van der Waals surface area contributed by atoms with Gasteiger partial charge in [0.25, 0.3) is 10.0 Å². The van der Waals surface area contributed by atoms with Crippen molar-refractivity contribution >= 4 is 38.4 Å². The van der Waals surface area contributed by atoms with Gasteiger partial charge in [-0.2, -0.15) is 0 Å². The second kappa shape index (κ2) is 9.07. The summed E-state index contributed by atoms with van der Waals surface area (Å²) in [6.07, 6.45) is 1.28. The van der Waals surface area contributed by atoms with Crippen LogP contribution in [-0.4, -0.2) is 44.6 Å². The standard InChI is InChI=1S/C22H18ClF2N3O5S/c1-32-12-3-6-18(17(8-12)33-2)34(30,31)28-16-5-4-15(24)19(20(16)25)21(29)14-10-27-22-13(14)7-11(23)9-26-22/h3,5-10,15,28H,4H2,1-2H3,(H,26,27). The lowest BCUT2D eigenvalue weighted by atomic mass is 9.93. The van der Waals surface area contributed by atoms with Gasteiger partial charge in [0.15, 0.2) is 11.6 Å². The fraction of sp³-hybridized carbons (Fsp3) is 0.182. The second-order valence-electron chi connectivity index (χ2n) is 7.25. The molecule has 4 rings (SSSR count). The number of sulfonamides is 1. The van der Waals surface area contributed by atoms with Gasteiger partial charge < -0.3 is 14.5 Å². The average molecular weight is 510 g/mol. The molecule has 1 aliphatic carbocycles. The number of alkyl halides is 1. The summed E-state index contributed by atoms with van der Waals surface area (Å²) in [7, 11) is -1.70. The molecular formula is C22H18ClF2N3O5S. The molecule has 12 heteroatoms. The molecule has 1 aliphatic rings. The number of carbonyl (C=O) groups is 1. The largest absolute Gasteiger partial charge is 0.497 e. The molecule has 3 aromatic rings. The Morgan fingerprint density at radius 1 is 1.26 bits per heavy atom. The molecule has 0 bridgehead atoms. The van der Waals surface area contributed by atoms with Gasteiger partial charge in [-0.15, -0.1) is 0 Å². The minimum atomic E-state index is -4.36. The van der Waals surface area contributed by atoms with Gasteiger partial charge in [-0.3, -0.25) is 9.52 Å². The molecule has 2 heterocycles. The Morgan fingerprint density at radius 3 is 2.74 bits per heavy atom. The Labute approximate surface area is 198 Å². The molecule has 1 unspecified atom stereocenters. The number of ketones is 1. The van der Waals surface area contributed by atoms with Gasteiger partial charge in [-0.05, 0) is 18.2 Å². The van der Waals surface area contributed by atoms with Crippen molar-refractivity contribution in [2.24, 2.45) is 0 Å². The summed E-state index contributed by atoms with van der Waals surface area (Å²) in [5.74, 6) is -1.97. The Kier molecular flexibility index (Phi) is 6.32. The number of carbonyl (C=O) groups excluding carboxylic acids is 1. The molecule has 0 radical (unpaired) electrons. The van der Waals surface area contributed by atoms with E-state index in [0.717, 1.165) is 6.08 Å². The summed E-state index contributed by atoms with van der Waals surface area (Å²) in [6, 6.07) is 5.40. The number of ether oxygens (including phenoxy) is 2. The van der Waals surface area contributed by atoms with E-state index in [4.69, 9.17) is 21.1 Å². The number of benzene rings is 1. The predicted molar refractivity (Wildman–Crippen MR) is 121 cm³/mol. The number of methoxy groups -OCH3 is 2. The number of pyridine rings is 1. The first kappa shape index (κ1) is 23.7. The first-order valence-corrected chi connectivity index (χ1v) is 11.7. The molecule has 0 saturated carbocycles. The maximum Gasteiger partial charge on any atom is 0.265 e. The Balaban J connectivity index is 1.71. The molecule has 0 amide bonds. The van der Waals surface area contributed by atoms with Gasteiger partial charge in [0.1, 0.15) is 28.2 Å². The SMILES string of the molecule is COc1ccc(S(=O)(=O)NC2=CCC(F)C(C(=O)c3c[nH]c4ncc(Cl)cc34)=C2F)c(OC)c1. The molecule has 1 atom stereocenters. The number of nitrogens with zero attached hydrogens (tertiary/aromatic N) is 1. The van der Waals surface area contributed by atoms with Crippen LogP contribution in [0.1, 0.15) is 16.8 Å². The molecule has 2 aromatic heterocycles. The molecule has 1 aromatic carbocycles. The van der Waals surface area contributed by atoms with Crippen LogP contribution in [0.4, 0.5) is 8.78 Å². The third kappa shape index (κ3) is 4.24. The summed E-state index contributed by atoms with van der Waals surface area (Å²) in [6.45, 7) is 0. The molecule has 2 N–H and O–H groups in total. The number of nitrogens with one attached hydrogen (secondary N) is 2. The quantitative estimate of drug-likeness (QED) is 0.461. The second-order valence-corrected chi connectivity index (χ2v) is 9.34. The van der Waals surface area contributed by atoms with Crippen LogP contribution in [0, 0.1) is 0 Å². The molecule has 34 heavy (non-hydrogen) atoms. The van der Waals surface area contributed by atoms with Crippen LogP contribution in [0.5, 0.6) is 11.5 Å². The van der Waals surface area contributed by atoms with Gasteiger partial charge in [-0.1, -0.05) is 17.7 Å². The number of halogens is 3. The molecule has 8 nitrogen and oxygen atoms in total. The molecule has 0 fully saturated rings. The highest BCUT2D eigenvalue weighted by molar-refractivity contribution is 7.89. The number of Topliss-reactive ketones (excluding diaryl/α,β-unsaturated/α-hetero) is 1. The van der Waals surface area contributed by atoms with Crippen LogP contribution in [0.25, 0.3) is 11.0 Å². The zero-order valence-corrected chi connectivity index (χ0v) is 19.4. The molecule has 0 saturated heterocycles. The maximum absolute atomic E-state index is 15.4.